The molecule has 0 saturated heterocycles. The molecule has 0 unspecified atom stereocenters. The van der Waals surface area contributed by atoms with Crippen molar-refractivity contribution < 1.29 is 9.53 Å². The summed E-state index contributed by atoms with van der Waals surface area (Å²) in [4.78, 5) is 17.2. The molecule has 3 rings (SSSR count). The number of aromatic nitrogens is 2. The lowest BCUT2D eigenvalue weighted by atomic mass is 9.53. The van der Waals surface area contributed by atoms with Crippen LogP contribution in [0.25, 0.3) is 0 Å². The number of hydrogen-bond acceptors (Lipinski definition) is 3. The Morgan fingerprint density at radius 1 is 1.48 bits per heavy atom. The summed E-state index contributed by atoms with van der Waals surface area (Å²) in [6, 6.07) is 0.219. The molecule has 2 aliphatic rings. The van der Waals surface area contributed by atoms with E-state index >= 15 is 0 Å². The number of ether oxygens (including phenoxy) is 1. The lowest BCUT2D eigenvalue weighted by Gasteiger charge is -2.60. The zero-order valence-corrected chi connectivity index (χ0v) is 14.7. The van der Waals surface area contributed by atoms with E-state index in [0.717, 1.165) is 38.1 Å². The lowest BCUT2D eigenvalue weighted by molar-refractivity contribution is -0.173. The van der Waals surface area contributed by atoms with Gasteiger partial charge in [0, 0.05) is 55.8 Å². The molecule has 1 aromatic heterocycles. The van der Waals surface area contributed by atoms with Crippen LogP contribution in [0.3, 0.4) is 0 Å². The second-order valence-electron chi connectivity index (χ2n) is 7.17. The maximum Gasteiger partial charge on any atom is 0.223 e. The van der Waals surface area contributed by atoms with Crippen LogP contribution in [0.5, 0.6) is 0 Å². The molecule has 1 amide bonds. The summed E-state index contributed by atoms with van der Waals surface area (Å²) < 4.78 is 7.88. The van der Waals surface area contributed by atoms with Crippen LogP contribution in [-0.2, 0) is 22.5 Å². The Kier molecular flexibility index (Phi) is 4.50. The topological polar surface area (TPSA) is 56.2 Å². The molecular formula is C18H29N3O2. The van der Waals surface area contributed by atoms with E-state index in [4.69, 9.17) is 4.74 Å². The standard InChI is InChI=1S/C18H29N3O2/c1-5-18(6-2)15(12(3)16(18)23-4)20-17(22)13-7-9-21-10-8-19-14(21)11-13/h8,10,12-13,15-16H,5-7,9,11H2,1-4H3,(H,20,22)/t12-,13-,15-,16+/m1/s1. The molecule has 1 aromatic rings. The first-order valence-corrected chi connectivity index (χ1v) is 8.90. The first-order valence-electron chi connectivity index (χ1n) is 8.90. The number of rotatable bonds is 5. The monoisotopic (exact) mass is 319 g/mol. The van der Waals surface area contributed by atoms with E-state index in [0.29, 0.717) is 5.92 Å². The molecule has 1 aliphatic heterocycles. The molecule has 1 fully saturated rings. The highest BCUT2D eigenvalue weighted by Gasteiger charge is 2.59. The van der Waals surface area contributed by atoms with E-state index < -0.39 is 0 Å². The number of imidazole rings is 1. The van der Waals surface area contributed by atoms with Gasteiger partial charge < -0.3 is 14.6 Å². The van der Waals surface area contributed by atoms with Crippen molar-refractivity contribution >= 4 is 5.91 Å². The maximum atomic E-state index is 12.8. The lowest BCUT2D eigenvalue weighted by Crippen LogP contribution is -2.70. The number of hydrogen-bond donors (Lipinski definition) is 1. The van der Waals surface area contributed by atoms with Crippen molar-refractivity contribution in [2.75, 3.05) is 7.11 Å². The van der Waals surface area contributed by atoms with Crippen LogP contribution in [0.2, 0.25) is 0 Å². The van der Waals surface area contributed by atoms with E-state index in [1.54, 1.807) is 7.11 Å². The number of nitrogens with one attached hydrogen (secondary N) is 1. The molecule has 0 aromatic carbocycles. The van der Waals surface area contributed by atoms with Crippen molar-refractivity contribution in [2.24, 2.45) is 17.3 Å². The molecule has 0 spiro atoms. The molecule has 1 aliphatic carbocycles. The van der Waals surface area contributed by atoms with Crippen LogP contribution >= 0.6 is 0 Å². The highest BCUT2D eigenvalue weighted by Crippen LogP contribution is 2.52. The highest BCUT2D eigenvalue weighted by atomic mass is 16.5. The Balaban J connectivity index is 1.68. The van der Waals surface area contributed by atoms with Crippen molar-refractivity contribution in [3.8, 4) is 0 Å². The van der Waals surface area contributed by atoms with Gasteiger partial charge in [0.25, 0.3) is 0 Å². The van der Waals surface area contributed by atoms with Crippen molar-refractivity contribution in [3.63, 3.8) is 0 Å². The van der Waals surface area contributed by atoms with Gasteiger partial charge in [0.1, 0.15) is 5.82 Å². The van der Waals surface area contributed by atoms with Crippen LogP contribution in [-0.4, -0.2) is 34.7 Å². The van der Waals surface area contributed by atoms with Crippen molar-refractivity contribution in [1.82, 2.24) is 14.9 Å². The third kappa shape index (κ3) is 2.49. The predicted molar refractivity (Wildman–Crippen MR) is 88.9 cm³/mol. The molecule has 1 saturated carbocycles. The number of methoxy groups -OCH3 is 1. The summed E-state index contributed by atoms with van der Waals surface area (Å²) >= 11 is 0. The zero-order chi connectivity index (χ0) is 16.6. The summed E-state index contributed by atoms with van der Waals surface area (Å²) in [6.07, 6.45) is 7.78. The number of nitrogens with zero attached hydrogens (tertiary/aromatic N) is 2. The summed E-state index contributed by atoms with van der Waals surface area (Å²) in [6.45, 7) is 7.49. The number of aryl methyl sites for hydroxylation is 1. The van der Waals surface area contributed by atoms with Gasteiger partial charge in [-0.2, -0.15) is 0 Å². The van der Waals surface area contributed by atoms with Gasteiger partial charge in [0.2, 0.25) is 5.91 Å². The molecule has 0 radical (unpaired) electrons. The molecule has 5 nitrogen and oxygen atoms in total. The van der Waals surface area contributed by atoms with Gasteiger partial charge in [0.05, 0.1) is 6.10 Å². The molecular weight excluding hydrogens is 290 g/mol. The maximum absolute atomic E-state index is 12.8. The van der Waals surface area contributed by atoms with Gasteiger partial charge in [-0.15, -0.1) is 0 Å². The first-order chi connectivity index (χ1) is 11.1. The Bertz CT molecular complexity index is 564. The smallest absolute Gasteiger partial charge is 0.223 e. The van der Waals surface area contributed by atoms with Gasteiger partial charge in [0.15, 0.2) is 0 Å². The average Bonchev–Trinajstić information content (AvgIpc) is 3.04. The molecule has 4 atom stereocenters. The SMILES string of the molecule is CCC1(CC)[C@H](NC(=O)[C@@H]2CCn3ccnc3C2)[C@@H](C)[C@@H]1OC. The van der Waals surface area contributed by atoms with E-state index in [1.807, 2.05) is 12.4 Å². The van der Waals surface area contributed by atoms with Crippen molar-refractivity contribution in [2.45, 2.75) is 65.1 Å². The minimum absolute atomic E-state index is 0.0464. The number of carbonyl (C=O) groups is 1. The Hall–Kier alpha value is -1.36. The molecule has 2 heterocycles. The van der Waals surface area contributed by atoms with Gasteiger partial charge >= 0.3 is 0 Å². The van der Waals surface area contributed by atoms with Crippen molar-refractivity contribution in [3.05, 3.63) is 18.2 Å². The second-order valence-corrected chi connectivity index (χ2v) is 7.17. The molecule has 1 N–H and O–H groups in total. The summed E-state index contributed by atoms with van der Waals surface area (Å²) in [7, 11) is 1.79. The number of fused-ring (bicyclic) bond motifs is 1. The fourth-order valence-electron chi connectivity index (χ4n) is 4.94. The summed E-state index contributed by atoms with van der Waals surface area (Å²) in [5.74, 6) is 1.64. The molecule has 0 bridgehead atoms. The van der Waals surface area contributed by atoms with E-state index in [2.05, 4.69) is 35.6 Å². The quantitative estimate of drug-likeness (QED) is 0.907. The summed E-state index contributed by atoms with van der Waals surface area (Å²) in [5, 5.41) is 3.36. The number of carbonyl (C=O) groups excluding carboxylic acids is 1. The Morgan fingerprint density at radius 3 is 2.87 bits per heavy atom. The molecule has 128 valence electrons. The molecule has 23 heavy (non-hydrogen) atoms. The predicted octanol–water partition coefficient (Wildman–Crippen LogP) is 2.40. The fourth-order valence-corrected chi connectivity index (χ4v) is 4.94. The highest BCUT2D eigenvalue weighted by molar-refractivity contribution is 5.79. The fraction of sp³-hybridized carbons (Fsp3) is 0.778. The Labute approximate surface area is 138 Å². The minimum atomic E-state index is 0.0464. The van der Waals surface area contributed by atoms with Gasteiger partial charge in [-0.25, -0.2) is 4.98 Å². The van der Waals surface area contributed by atoms with Crippen LogP contribution in [0.15, 0.2) is 12.4 Å². The Morgan fingerprint density at radius 2 is 2.22 bits per heavy atom. The second kappa shape index (κ2) is 6.27. The van der Waals surface area contributed by atoms with E-state index in [1.165, 1.54) is 0 Å². The van der Waals surface area contributed by atoms with Crippen molar-refractivity contribution in [1.29, 1.82) is 0 Å². The normalized spacial score (nSPS) is 32.0. The summed E-state index contributed by atoms with van der Waals surface area (Å²) in [5.41, 5.74) is 0.0803. The van der Waals surface area contributed by atoms with Crippen LogP contribution in [0, 0.1) is 17.3 Å². The van der Waals surface area contributed by atoms with E-state index in [-0.39, 0.29) is 29.4 Å². The third-order valence-electron chi connectivity index (χ3n) is 6.38. The first kappa shape index (κ1) is 16.5. The van der Waals surface area contributed by atoms with Crippen LogP contribution in [0.1, 0.15) is 45.9 Å². The molecule has 5 heteroatoms. The van der Waals surface area contributed by atoms with Gasteiger partial charge in [-0.1, -0.05) is 20.8 Å². The largest absolute Gasteiger partial charge is 0.380 e. The minimum Gasteiger partial charge on any atom is -0.380 e. The van der Waals surface area contributed by atoms with Gasteiger partial charge in [-0.3, -0.25) is 4.79 Å². The number of amides is 1. The average molecular weight is 319 g/mol. The zero-order valence-electron chi connectivity index (χ0n) is 14.7. The van der Waals surface area contributed by atoms with Crippen LogP contribution in [0.4, 0.5) is 0 Å². The van der Waals surface area contributed by atoms with Gasteiger partial charge in [-0.05, 0) is 19.3 Å². The third-order valence-corrected chi connectivity index (χ3v) is 6.38. The van der Waals surface area contributed by atoms with E-state index in [9.17, 15) is 4.79 Å². The van der Waals surface area contributed by atoms with Crippen LogP contribution < -0.4 is 5.32 Å².